The van der Waals surface area contributed by atoms with Crippen molar-refractivity contribution < 1.29 is 29.5 Å². The SMILES string of the molecule is Cc1c([N+](=O)[O-])cc([N+](=O)[O-])c(-c2c([N+](=O)[O-])cc([N+](=O)[O-])cc2[N+](=O)[O-])c1[N+](=O)[O-]. The molecule has 0 fully saturated rings. The Hall–Kier alpha value is -5.16. The first-order valence-electron chi connectivity index (χ1n) is 7.51. The van der Waals surface area contributed by atoms with Crippen LogP contribution in [-0.2, 0) is 0 Å². The summed E-state index contributed by atoms with van der Waals surface area (Å²) in [7, 11) is 0. The number of nitro benzene ring substituents is 6. The Morgan fingerprint density at radius 3 is 1.23 bits per heavy atom. The molecule has 31 heavy (non-hydrogen) atoms. The second kappa shape index (κ2) is 7.69. The van der Waals surface area contributed by atoms with Gasteiger partial charge in [0.2, 0.25) is 0 Å². The Morgan fingerprint density at radius 2 is 0.903 bits per heavy atom. The van der Waals surface area contributed by atoms with Gasteiger partial charge in [0.05, 0.1) is 47.7 Å². The zero-order chi connectivity index (χ0) is 23.8. The Morgan fingerprint density at radius 1 is 0.516 bits per heavy atom. The summed E-state index contributed by atoms with van der Waals surface area (Å²) in [6.45, 7) is 0.812. The molecule has 0 saturated heterocycles. The number of rotatable bonds is 7. The highest BCUT2D eigenvalue weighted by atomic mass is 16.6. The van der Waals surface area contributed by atoms with Crippen LogP contribution >= 0.6 is 0 Å². The van der Waals surface area contributed by atoms with Gasteiger partial charge in [-0.2, -0.15) is 0 Å². The molecule has 2 aromatic carbocycles. The molecule has 2 rings (SSSR count). The van der Waals surface area contributed by atoms with Crippen molar-refractivity contribution in [3.8, 4) is 11.1 Å². The van der Waals surface area contributed by atoms with Crippen LogP contribution in [0.3, 0.4) is 0 Å². The fraction of sp³-hybridized carbons (Fsp3) is 0.0769. The second-order valence-corrected chi connectivity index (χ2v) is 5.67. The number of nitro groups is 6. The maximum absolute atomic E-state index is 11.6. The van der Waals surface area contributed by atoms with E-state index in [1.54, 1.807) is 0 Å². The monoisotopic (exact) mass is 438 g/mol. The first-order valence-corrected chi connectivity index (χ1v) is 7.51. The normalized spacial score (nSPS) is 10.4. The molecule has 2 aromatic rings. The Kier molecular flexibility index (Phi) is 5.49. The van der Waals surface area contributed by atoms with Crippen LogP contribution in [-0.4, -0.2) is 29.5 Å². The van der Waals surface area contributed by atoms with Crippen molar-refractivity contribution in [3.63, 3.8) is 0 Å². The van der Waals surface area contributed by atoms with Crippen molar-refractivity contribution in [3.05, 3.63) is 84.4 Å². The van der Waals surface area contributed by atoms with E-state index >= 15 is 0 Å². The van der Waals surface area contributed by atoms with Crippen molar-refractivity contribution in [2.24, 2.45) is 0 Å². The van der Waals surface area contributed by atoms with E-state index in [0.29, 0.717) is 0 Å². The van der Waals surface area contributed by atoms with Gasteiger partial charge in [0, 0.05) is 0 Å². The van der Waals surface area contributed by atoms with Gasteiger partial charge >= 0.3 is 0 Å². The zero-order valence-corrected chi connectivity index (χ0v) is 14.8. The summed E-state index contributed by atoms with van der Waals surface area (Å²) in [5.41, 5.74) is -11.2. The highest BCUT2D eigenvalue weighted by Gasteiger charge is 2.43. The molecule has 0 saturated carbocycles. The van der Waals surface area contributed by atoms with Crippen LogP contribution in [0.15, 0.2) is 18.2 Å². The van der Waals surface area contributed by atoms with Crippen molar-refractivity contribution in [2.45, 2.75) is 6.92 Å². The van der Waals surface area contributed by atoms with E-state index in [4.69, 9.17) is 0 Å². The largest absolute Gasteiger partial charge is 0.294 e. The molecule has 0 aliphatic heterocycles. The van der Waals surface area contributed by atoms with E-state index in [1.807, 2.05) is 0 Å². The number of benzene rings is 2. The summed E-state index contributed by atoms with van der Waals surface area (Å²) in [5.74, 6) is 0. The molecule has 0 radical (unpaired) electrons. The minimum Gasteiger partial charge on any atom is -0.258 e. The minimum atomic E-state index is -1.42. The third-order valence-corrected chi connectivity index (χ3v) is 4.02. The van der Waals surface area contributed by atoms with E-state index < -0.39 is 80.4 Å². The minimum absolute atomic E-state index is 0.229. The van der Waals surface area contributed by atoms with Crippen LogP contribution in [0.5, 0.6) is 0 Å². The van der Waals surface area contributed by atoms with Gasteiger partial charge in [-0.15, -0.1) is 0 Å². The predicted molar refractivity (Wildman–Crippen MR) is 96.5 cm³/mol. The maximum Gasteiger partial charge on any atom is 0.294 e. The lowest BCUT2D eigenvalue weighted by Gasteiger charge is -2.09. The van der Waals surface area contributed by atoms with Gasteiger partial charge in [0.1, 0.15) is 5.56 Å². The lowest BCUT2D eigenvalue weighted by atomic mass is 9.94. The average molecular weight is 438 g/mol. The van der Waals surface area contributed by atoms with Crippen molar-refractivity contribution in [1.82, 2.24) is 0 Å². The molecule has 0 heterocycles. The molecule has 18 heteroatoms. The van der Waals surface area contributed by atoms with Crippen LogP contribution in [0.25, 0.3) is 11.1 Å². The summed E-state index contributed by atoms with van der Waals surface area (Å²) in [5, 5.41) is 68.2. The fourth-order valence-electron chi connectivity index (χ4n) is 2.80. The van der Waals surface area contributed by atoms with Gasteiger partial charge in [-0.25, -0.2) is 0 Å². The molecule has 0 atom stereocenters. The standard InChI is InChI=1S/C13H6N6O12/c1-5-7(15(22)23)4-10(18(28)29)12(13(5)19(30)31)11-8(16(24)25)2-6(14(20)21)3-9(11)17(26)27/h2-4H,1H3. The summed E-state index contributed by atoms with van der Waals surface area (Å²) in [6.07, 6.45) is 0. The van der Waals surface area contributed by atoms with Crippen LogP contribution in [0.1, 0.15) is 5.56 Å². The number of nitrogens with zero attached hydrogens (tertiary/aromatic N) is 6. The van der Waals surface area contributed by atoms with E-state index in [-0.39, 0.29) is 18.2 Å². The smallest absolute Gasteiger partial charge is 0.258 e. The van der Waals surface area contributed by atoms with E-state index in [9.17, 15) is 60.7 Å². The van der Waals surface area contributed by atoms with Gasteiger partial charge in [-0.3, -0.25) is 60.7 Å². The molecular formula is C13H6N6O12. The van der Waals surface area contributed by atoms with Crippen molar-refractivity contribution >= 4 is 34.1 Å². The van der Waals surface area contributed by atoms with Crippen LogP contribution < -0.4 is 0 Å². The summed E-state index contributed by atoms with van der Waals surface area (Å²) < 4.78 is 0. The molecular weight excluding hydrogens is 432 g/mol. The van der Waals surface area contributed by atoms with Gasteiger partial charge in [-0.05, 0) is 6.92 Å². The second-order valence-electron chi connectivity index (χ2n) is 5.67. The summed E-state index contributed by atoms with van der Waals surface area (Å²) >= 11 is 0. The molecule has 160 valence electrons. The first-order chi connectivity index (χ1) is 14.3. The lowest BCUT2D eigenvalue weighted by molar-refractivity contribution is -0.405. The van der Waals surface area contributed by atoms with Crippen molar-refractivity contribution in [2.75, 3.05) is 0 Å². The molecule has 0 aliphatic rings. The fourth-order valence-corrected chi connectivity index (χ4v) is 2.80. The zero-order valence-electron chi connectivity index (χ0n) is 14.8. The Bertz CT molecular complexity index is 1190. The number of non-ortho nitro benzene ring substituents is 1. The highest BCUT2D eigenvalue weighted by Crippen LogP contribution is 2.51. The molecule has 18 nitrogen and oxygen atoms in total. The van der Waals surface area contributed by atoms with Crippen LogP contribution in [0, 0.1) is 67.6 Å². The van der Waals surface area contributed by atoms with E-state index in [1.165, 1.54) is 0 Å². The third-order valence-electron chi connectivity index (χ3n) is 4.02. The maximum atomic E-state index is 11.6. The third kappa shape index (κ3) is 3.74. The quantitative estimate of drug-likeness (QED) is 0.446. The summed E-state index contributed by atoms with van der Waals surface area (Å²) in [4.78, 5) is 60.4. The Balaban J connectivity index is 3.29. The van der Waals surface area contributed by atoms with E-state index in [2.05, 4.69) is 0 Å². The number of hydrogen-bond acceptors (Lipinski definition) is 12. The average Bonchev–Trinajstić information content (AvgIpc) is 2.65. The molecule has 0 N–H and O–H groups in total. The molecule has 0 unspecified atom stereocenters. The van der Waals surface area contributed by atoms with Crippen molar-refractivity contribution in [1.29, 1.82) is 0 Å². The number of hydrogen-bond donors (Lipinski definition) is 0. The predicted octanol–water partition coefficient (Wildman–Crippen LogP) is 3.11. The molecule has 0 aromatic heterocycles. The van der Waals surface area contributed by atoms with Gasteiger partial charge in [-0.1, -0.05) is 0 Å². The van der Waals surface area contributed by atoms with Gasteiger partial charge in [0.15, 0.2) is 11.1 Å². The molecule has 0 bridgehead atoms. The first kappa shape index (κ1) is 22.1. The van der Waals surface area contributed by atoms with Crippen LogP contribution in [0.4, 0.5) is 34.1 Å². The molecule has 0 amide bonds. The summed E-state index contributed by atoms with van der Waals surface area (Å²) in [6, 6.07) is 0.714. The molecule has 0 aliphatic carbocycles. The molecule has 0 spiro atoms. The van der Waals surface area contributed by atoms with Crippen LogP contribution in [0.2, 0.25) is 0 Å². The highest BCUT2D eigenvalue weighted by molar-refractivity contribution is 5.95. The van der Waals surface area contributed by atoms with E-state index in [0.717, 1.165) is 6.92 Å². The Labute approximate surface area is 167 Å². The van der Waals surface area contributed by atoms with Gasteiger partial charge < -0.3 is 0 Å². The topological polar surface area (TPSA) is 259 Å². The van der Waals surface area contributed by atoms with Gasteiger partial charge in [0.25, 0.3) is 34.1 Å². The lowest BCUT2D eigenvalue weighted by Crippen LogP contribution is -2.07.